The van der Waals surface area contributed by atoms with E-state index < -0.39 is 6.04 Å². The highest BCUT2D eigenvalue weighted by Gasteiger charge is 2.23. The standard InChI is InChI=1S/C7H12N2O3/c1-12-6(10)4-5-7(11)9-3-2-8-5/h5,8H,2-4H2,1H3,(H,9,11)/t5-/m1/s1. The Morgan fingerprint density at radius 1 is 1.67 bits per heavy atom. The molecule has 0 spiro atoms. The number of amides is 1. The van der Waals surface area contributed by atoms with Crippen LogP contribution in [0.1, 0.15) is 6.42 Å². The van der Waals surface area contributed by atoms with E-state index in [4.69, 9.17) is 0 Å². The van der Waals surface area contributed by atoms with E-state index in [1.807, 2.05) is 0 Å². The fourth-order valence-electron chi connectivity index (χ4n) is 1.06. The number of rotatable bonds is 2. The van der Waals surface area contributed by atoms with Gasteiger partial charge in [-0.05, 0) is 0 Å². The van der Waals surface area contributed by atoms with Crippen molar-refractivity contribution in [2.24, 2.45) is 0 Å². The highest BCUT2D eigenvalue weighted by molar-refractivity contribution is 5.87. The molecule has 1 amide bonds. The minimum Gasteiger partial charge on any atom is -0.469 e. The van der Waals surface area contributed by atoms with Crippen LogP contribution in [0.15, 0.2) is 0 Å². The second kappa shape index (κ2) is 4.06. The summed E-state index contributed by atoms with van der Waals surface area (Å²) in [5.74, 6) is -0.504. The van der Waals surface area contributed by atoms with Crippen molar-refractivity contribution in [3.05, 3.63) is 0 Å². The summed E-state index contributed by atoms with van der Waals surface area (Å²) in [6.45, 7) is 1.32. The summed E-state index contributed by atoms with van der Waals surface area (Å²) in [4.78, 5) is 21.8. The summed E-state index contributed by atoms with van der Waals surface area (Å²) in [7, 11) is 1.31. The Kier molecular flexibility index (Phi) is 3.04. The van der Waals surface area contributed by atoms with Crippen molar-refractivity contribution >= 4 is 11.9 Å². The first-order valence-electron chi connectivity index (χ1n) is 3.82. The molecule has 0 aromatic heterocycles. The predicted octanol–water partition coefficient (Wildman–Crippen LogP) is -1.36. The van der Waals surface area contributed by atoms with Crippen molar-refractivity contribution in [3.63, 3.8) is 0 Å². The quantitative estimate of drug-likeness (QED) is 0.505. The maximum Gasteiger partial charge on any atom is 0.307 e. The van der Waals surface area contributed by atoms with Crippen molar-refractivity contribution in [1.29, 1.82) is 0 Å². The van der Waals surface area contributed by atoms with Gasteiger partial charge in [0.05, 0.1) is 19.6 Å². The maximum atomic E-state index is 11.1. The van der Waals surface area contributed by atoms with Gasteiger partial charge in [-0.1, -0.05) is 0 Å². The number of nitrogens with one attached hydrogen (secondary N) is 2. The Morgan fingerprint density at radius 2 is 2.42 bits per heavy atom. The molecular formula is C7H12N2O3. The lowest BCUT2D eigenvalue weighted by molar-refractivity contribution is -0.143. The van der Waals surface area contributed by atoms with E-state index >= 15 is 0 Å². The monoisotopic (exact) mass is 172 g/mol. The SMILES string of the molecule is COC(=O)C[C@H]1NCCNC1=O. The van der Waals surface area contributed by atoms with Crippen LogP contribution < -0.4 is 10.6 Å². The smallest absolute Gasteiger partial charge is 0.307 e. The number of ether oxygens (including phenoxy) is 1. The second-order valence-electron chi connectivity index (χ2n) is 2.58. The highest BCUT2D eigenvalue weighted by atomic mass is 16.5. The molecule has 1 heterocycles. The summed E-state index contributed by atoms with van der Waals surface area (Å²) >= 11 is 0. The Bertz CT molecular complexity index is 193. The summed E-state index contributed by atoms with van der Waals surface area (Å²) in [5.41, 5.74) is 0. The second-order valence-corrected chi connectivity index (χ2v) is 2.58. The predicted molar refractivity (Wildman–Crippen MR) is 41.4 cm³/mol. The van der Waals surface area contributed by atoms with E-state index in [1.54, 1.807) is 0 Å². The van der Waals surface area contributed by atoms with E-state index in [2.05, 4.69) is 15.4 Å². The summed E-state index contributed by atoms with van der Waals surface area (Å²) in [5, 5.41) is 5.57. The van der Waals surface area contributed by atoms with Crippen LogP contribution in [0.25, 0.3) is 0 Å². The van der Waals surface area contributed by atoms with Gasteiger partial charge < -0.3 is 15.4 Å². The minimum atomic E-state index is -0.425. The number of piperazine rings is 1. The first-order chi connectivity index (χ1) is 5.74. The normalized spacial score (nSPS) is 23.1. The topological polar surface area (TPSA) is 67.4 Å². The fraction of sp³-hybridized carbons (Fsp3) is 0.714. The molecule has 1 fully saturated rings. The molecule has 0 bridgehead atoms. The van der Waals surface area contributed by atoms with Crippen LogP contribution in [0.4, 0.5) is 0 Å². The van der Waals surface area contributed by atoms with Crippen molar-refractivity contribution in [1.82, 2.24) is 10.6 Å². The molecule has 0 aromatic rings. The highest BCUT2D eigenvalue weighted by Crippen LogP contribution is 1.97. The number of hydrogen-bond acceptors (Lipinski definition) is 4. The number of carbonyl (C=O) groups is 2. The van der Waals surface area contributed by atoms with Crippen molar-refractivity contribution in [2.45, 2.75) is 12.5 Å². The molecule has 5 nitrogen and oxygen atoms in total. The molecule has 0 aliphatic carbocycles. The molecule has 12 heavy (non-hydrogen) atoms. The molecule has 0 radical (unpaired) electrons. The Balaban J connectivity index is 2.39. The van der Waals surface area contributed by atoms with Crippen LogP contribution in [0.5, 0.6) is 0 Å². The van der Waals surface area contributed by atoms with Crippen molar-refractivity contribution in [3.8, 4) is 0 Å². The van der Waals surface area contributed by atoms with E-state index in [0.717, 1.165) is 0 Å². The summed E-state index contributed by atoms with van der Waals surface area (Å²) in [6.07, 6.45) is 0.0995. The first kappa shape index (κ1) is 8.99. The summed E-state index contributed by atoms with van der Waals surface area (Å²) < 4.78 is 4.44. The molecule has 2 N–H and O–H groups in total. The van der Waals surface area contributed by atoms with Crippen LogP contribution >= 0.6 is 0 Å². The van der Waals surface area contributed by atoms with E-state index in [9.17, 15) is 9.59 Å². The molecule has 1 saturated heterocycles. The van der Waals surface area contributed by atoms with Gasteiger partial charge in [-0.3, -0.25) is 9.59 Å². The number of hydrogen-bond donors (Lipinski definition) is 2. The van der Waals surface area contributed by atoms with Gasteiger partial charge in [0, 0.05) is 13.1 Å². The van der Waals surface area contributed by atoms with Gasteiger partial charge >= 0.3 is 5.97 Å². The van der Waals surface area contributed by atoms with Crippen LogP contribution in [-0.4, -0.2) is 38.1 Å². The molecule has 68 valence electrons. The fourth-order valence-corrected chi connectivity index (χ4v) is 1.06. The third-order valence-electron chi connectivity index (χ3n) is 1.73. The molecule has 1 rings (SSSR count). The Hall–Kier alpha value is -1.10. The molecule has 0 saturated carbocycles. The lowest BCUT2D eigenvalue weighted by Crippen LogP contribution is -2.53. The minimum absolute atomic E-state index is 0.0995. The zero-order chi connectivity index (χ0) is 8.97. The van der Waals surface area contributed by atoms with Gasteiger partial charge in [0.25, 0.3) is 0 Å². The van der Waals surface area contributed by atoms with Gasteiger partial charge in [0.2, 0.25) is 5.91 Å². The third-order valence-corrected chi connectivity index (χ3v) is 1.73. The van der Waals surface area contributed by atoms with Crippen molar-refractivity contribution in [2.75, 3.05) is 20.2 Å². The molecule has 0 unspecified atom stereocenters. The zero-order valence-electron chi connectivity index (χ0n) is 6.92. The maximum absolute atomic E-state index is 11.1. The van der Waals surface area contributed by atoms with Gasteiger partial charge in [-0.2, -0.15) is 0 Å². The summed E-state index contributed by atoms with van der Waals surface area (Å²) in [6, 6.07) is -0.425. The van der Waals surface area contributed by atoms with Crippen molar-refractivity contribution < 1.29 is 14.3 Å². The molecule has 1 aliphatic heterocycles. The largest absolute Gasteiger partial charge is 0.469 e. The molecule has 0 aromatic carbocycles. The third kappa shape index (κ3) is 2.20. The Labute approximate surface area is 70.5 Å². The van der Waals surface area contributed by atoms with Gasteiger partial charge in [-0.25, -0.2) is 0 Å². The van der Waals surface area contributed by atoms with E-state index in [-0.39, 0.29) is 18.3 Å². The number of methoxy groups -OCH3 is 1. The van der Waals surface area contributed by atoms with Crippen LogP contribution in [-0.2, 0) is 14.3 Å². The average Bonchev–Trinajstić information content (AvgIpc) is 2.09. The van der Waals surface area contributed by atoms with Gasteiger partial charge in [-0.15, -0.1) is 0 Å². The van der Waals surface area contributed by atoms with Gasteiger partial charge in [0.1, 0.15) is 0 Å². The van der Waals surface area contributed by atoms with Crippen LogP contribution in [0.2, 0.25) is 0 Å². The molecular weight excluding hydrogens is 160 g/mol. The molecule has 1 aliphatic rings. The van der Waals surface area contributed by atoms with Crippen LogP contribution in [0, 0.1) is 0 Å². The molecule has 1 atom stereocenters. The Morgan fingerprint density at radius 3 is 3.00 bits per heavy atom. The number of esters is 1. The van der Waals surface area contributed by atoms with E-state index in [0.29, 0.717) is 13.1 Å². The lowest BCUT2D eigenvalue weighted by atomic mass is 10.1. The molecule has 5 heteroatoms. The van der Waals surface area contributed by atoms with Gasteiger partial charge in [0.15, 0.2) is 0 Å². The van der Waals surface area contributed by atoms with Crippen LogP contribution in [0.3, 0.4) is 0 Å². The average molecular weight is 172 g/mol. The van der Waals surface area contributed by atoms with E-state index in [1.165, 1.54) is 7.11 Å². The zero-order valence-corrected chi connectivity index (χ0v) is 6.92. The lowest BCUT2D eigenvalue weighted by Gasteiger charge is -2.22. The first-order valence-corrected chi connectivity index (χ1v) is 3.82. The number of carbonyl (C=O) groups excluding carboxylic acids is 2.